The van der Waals surface area contributed by atoms with Crippen molar-refractivity contribution in [2.75, 3.05) is 13.1 Å². The molecule has 7 rings (SSSR count). The first kappa shape index (κ1) is 15.4. The monoisotopic (exact) mass is 377 g/mol. The number of hydrogen-bond donors (Lipinski definition) is 0. The Balaban J connectivity index is 1.52. The van der Waals surface area contributed by atoms with Crippen LogP contribution in [-0.2, 0) is 18.3 Å². The third kappa shape index (κ3) is 1.81. The maximum Gasteiger partial charge on any atom is 0.384 e. The van der Waals surface area contributed by atoms with Crippen molar-refractivity contribution in [1.82, 2.24) is 4.67 Å². The smallest absolute Gasteiger partial charge is 0.384 e. The lowest BCUT2D eigenvalue weighted by Crippen LogP contribution is -2.34. The average molecular weight is 377 g/mol. The normalized spacial score (nSPS) is 35.2. The van der Waals surface area contributed by atoms with Crippen LogP contribution in [0.4, 0.5) is 0 Å². The molecule has 0 amide bonds. The van der Waals surface area contributed by atoms with Crippen molar-refractivity contribution >= 4 is 8.53 Å². The molecule has 2 aliphatic heterocycles. The van der Waals surface area contributed by atoms with E-state index in [1.54, 1.807) is 0 Å². The summed E-state index contributed by atoms with van der Waals surface area (Å²) in [6, 6.07) is 13.5. The second-order valence-corrected chi connectivity index (χ2v) is 10.3. The van der Waals surface area contributed by atoms with E-state index in [1.165, 1.54) is 60.8 Å². The minimum atomic E-state index is -1.08. The van der Waals surface area contributed by atoms with E-state index in [0.717, 1.165) is 24.6 Å². The zero-order valence-electron chi connectivity index (χ0n) is 15.5. The van der Waals surface area contributed by atoms with Crippen molar-refractivity contribution in [2.45, 2.75) is 43.9 Å². The maximum atomic E-state index is 6.71. The summed E-state index contributed by atoms with van der Waals surface area (Å²) in [5, 5.41) is 0. The van der Waals surface area contributed by atoms with Crippen LogP contribution in [0.25, 0.3) is 0 Å². The Bertz CT molecular complexity index is 882. The first-order chi connectivity index (χ1) is 13.4. The molecule has 4 heteroatoms. The van der Waals surface area contributed by atoms with Crippen molar-refractivity contribution in [3.63, 3.8) is 0 Å². The third-order valence-electron chi connectivity index (χ3n) is 7.80. The summed E-state index contributed by atoms with van der Waals surface area (Å²) in [4.78, 5) is 0. The molecule has 1 saturated carbocycles. The highest BCUT2D eigenvalue weighted by Crippen LogP contribution is 2.70. The molecule has 2 fully saturated rings. The molecule has 0 aromatic heterocycles. The zero-order valence-corrected chi connectivity index (χ0v) is 16.4. The fraction of sp³-hybridized carbons (Fsp3) is 0.478. The van der Waals surface area contributed by atoms with Gasteiger partial charge in [0.05, 0.1) is 0 Å². The molecule has 1 spiro atoms. The molecule has 0 N–H and O–H groups in total. The van der Waals surface area contributed by atoms with Gasteiger partial charge in [-0.25, -0.2) is 4.67 Å². The molecule has 5 aliphatic rings. The lowest BCUT2D eigenvalue weighted by atomic mass is 9.69. The van der Waals surface area contributed by atoms with Crippen LogP contribution in [0.5, 0.6) is 11.5 Å². The van der Waals surface area contributed by atoms with Crippen LogP contribution in [0.1, 0.15) is 47.9 Å². The van der Waals surface area contributed by atoms with E-state index in [-0.39, 0.29) is 5.41 Å². The van der Waals surface area contributed by atoms with Crippen molar-refractivity contribution < 1.29 is 9.05 Å². The summed E-state index contributed by atoms with van der Waals surface area (Å²) in [7, 11) is -1.08. The van der Waals surface area contributed by atoms with Crippen molar-refractivity contribution in [3.8, 4) is 11.5 Å². The third-order valence-corrected chi connectivity index (χ3v) is 9.37. The first-order valence-electron chi connectivity index (χ1n) is 10.5. The largest absolute Gasteiger partial charge is 0.427 e. The van der Waals surface area contributed by atoms with Crippen molar-refractivity contribution in [2.24, 2.45) is 11.8 Å². The fourth-order valence-electron chi connectivity index (χ4n) is 6.94. The minimum absolute atomic E-state index is 0.143. The van der Waals surface area contributed by atoms with E-state index >= 15 is 0 Å². The van der Waals surface area contributed by atoms with Gasteiger partial charge in [-0.3, -0.25) is 0 Å². The van der Waals surface area contributed by atoms with E-state index in [4.69, 9.17) is 9.05 Å². The van der Waals surface area contributed by atoms with Crippen molar-refractivity contribution in [1.29, 1.82) is 0 Å². The average Bonchev–Trinajstić information content (AvgIpc) is 3.40. The van der Waals surface area contributed by atoms with Gasteiger partial charge in [-0.1, -0.05) is 24.3 Å². The van der Waals surface area contributed by atoms with Gasteiger partial charge in [0.25, 0.3) is 0 Å². The number of benzene rings is 2. The molecule has 138 valence electrons. The summed E-state index contributed by atoms with van der Waals surface area (Å²) in [6.07, 6.45) is 7.59. The Labute approximate surface area is 161 Å². The van der Waals surface area contributed by atoms with Gasteiger partial charge in [0, 0.05) is 29.6 Å². The molecule has 27 heavy (non-hydrogen) atoms. The molecule has 0 unspecified atom stereocenters. The van der Waals surface area contributed by atoms with E-state index in [0.29, 0.717) is 11.8 Å². The molecule has 1 saturated heterocycles. The van der Waals surface area contributed by atoms with E-state index < -0.39 is 8.53 Å². The van der Waals surface area contributed by atoms with Gasteiger partial charge < -0.3 is 9.05 Å². The highest BCUT2D eigenvalue weighted by Gasteiger charge is 2.63. The van der Waals surface area contributed by atoms with Gasteiger partial charge in [0.2, 0.25) is 0 Å². The number of hydrogen-bond acceptors (Lipinski definition) is 3. The number of rotatable bonds is 1. The van der Waals surface area contributed by atoms with Gasteiger partial charge in [0.15, 0.2) is 0 Å². The lowest BCUT2D eigenvalue weighted by Gasteiger charge is -2.38. The van der Waals surface area contributed by atoms with Crippen LogP contribution in [0.2, 0.25) is 0 Å². The molecule has 3 aliphatic carbocycles. The molecule has 2 aromatic rings. The standard InChI is InChI=1S/C23H24NO2P/c1-2-12-24(11-1)27-25-19-7-3-5-15-13-17-9-10-18-14-16-6-4-8-20(26-27)22(16)23(17,18)21(15)19/h3-8,17-18H,1-2,9-14H2/t17-,18-,23?/m1/s1. The molecule has 0 radical (unpaired) electrons. The van der Waals surface area contributed by atoms with Gasteiger partial charge in [-0.15, -0.1) is 0 Å². The summed E-state index contributed by atoms with van der Waals surface area (Å²) in [5.41, 5.74) is 6.26. The van der Waals surface area contributed by atoms with Crippen LogP contribution < -0.4 is 9.05 Å². The molecular formula is C23H24NO2P. The second-order valence-electron chi connectivity index (χ2n) is 8.91. The van der Waals surface area contributed by atoms with Crippen LogP contribution in [0, 0.1) is 11.8 Å². The van der Waals surface area contributed by atoms with Gasteiger partial charge in [-0.05, 0) is 73.6 Å². The summed E-state index contributed by atoms with van der Waals surface area (Å²) < 4.78 is 15.9. The summed E-state index contributed by atoms with van der Waals surface area (Å²) in [5.74, 6) is 3.65. The fourth-order valence-corrected chi connectivity index (χ4v) is 8.46. The van der Waals surface area contributed by atoms with E-state index in [1.807, 2.05) is 0 Å². The predicted octanol–water partition coefficient (Wildman–Crippen LogP) is 5.21. The summed E-state index contributed by atoms with van der Waals surface area (Å²) in [6.45, 7) is 2.18. The number of nitrogens with zero attached hydrogens (tertiary/aromatic N) is 1. The molecule has 2 atom stereocenters. The molecular weight excluding hydrogens is 353 g/mol. The Morgan fingerprint density at radius 1 is 0.815 bits per heavy atom. The van der Waals surface area contributed by atoms with Gasteiger partial charge in [0.1, 0.15) is 11.5 Å². The van der Waals surface area contributed by atoms with Crippen LogP contribution in [0.3, 0.4) is 0 Å². The Kier molecular flexibility index (Phi) is 3.00. The quantitative estimate of drug-likeness (QED) is 0.637. The SMILES string of the molecule is c1cc2c3c(c1)OP(N1CCCC1)Oc1cccc4c1C31[C@H](CC[C@@H]1C4)C2. The highest BCUT2D eigenvalue weighted by atomic mass is 31.2. The minimum Gasteiger partial charge on any atom is -0.427 e. The van der Waals surface area contributed by atoms with Crippen LogP contribution in [0.15, 0.2) is 36.4 Å². The Hall–Kier alpha value is -1.57. The topological polar surface area (TPSA) is 21.7 Å². The Morgan fingerprint density at radius 3 is 1.93 bits per heavy atom. The van der Waals surface area contributed by atoms with E-state index in [2.05, 4.69) is 41.1 Å². The molecule has 3 nitrogen and oxygen atoms in total. The molecule has 0 bridgehead atoms. The predicted molar refractivity (Wildman–Crippen MR) is 106 cm³/mol. The van der Waals surface area contributed by atoms with E-state index in [9.17, 15) is 0 Å². The summed E-state index contributed by atoms with van der Waals surface area (Å²) >= 11 is 0. The first-order valence-corrected chi connectivity index (χ1v) is 11.6. The molecule has 2 aromatic carbocycles. The maximum absolute atomic E-state index is 6.71. The Morgan fingerprint density at radius 2 is 1.37 bits per heavy atom. The van der Waals surface area contributed by atoms with Gasteiger partial charge >= 0.3 is 8.53 Å². The van der Waals surface area contributed by atoms with Crippen molar-refractivity contribution in [3.05, 3.63) is 58.7 Å². The second kappa shape index (κ2) is 5.27. The zero-order chi connectivity index (χ0) is 17.6. The van der Waals surface area contributed by atoms with Crippen LogP contribution in [-0.4, -0.2) is 17.8 Å². The molecule has 2 heterocycles. The van der Waals surface area contributed by atoms with Gasteiger partial charge in [-0.2, -0.15) is 0 Å². The highest BCUT2D eigenvalue weighted by molar-refractivity contribution is 7.45. The lowest BCUT2D eigenvalue weighted by molar-refractivity contribution is 0.317. The van der Waals surface area contributed by atoms with Crippen LogP contribution >= 0.6 is 8.53 Å².